The number of ether oxygens (including phenoxy) is 2. The Morgan fingerprint density at radius 2 is 1.35 bits per heavy atom. The molecule has 0 saturated carbocycles. The van der Waals surface area contributed by atoms with Crippen LogP contribution in [0.2, 0.25) is 0 Å². The van der Waals surface area contributed by atoms with Gasteiger partial charge in [0.05, 0.1) is 13.2 Å². The van der Waals surface area contributed by atoms with Crippen molar-refractivity contribution in [3.05, 3.63) is 47.7 Å². The summed E-state index contributed by atoms with van der Waals surface area (Å²) in [5, 5.41) is 2.95. The van der Waals surface area contributed by atoms with Crippen LogP contribution in [-0.4, -0.2) is 150 Å². The van der Waals surface area contributed by atoms with Crippen LogP contribution in [0.15, 0.2) is 42.2 Å². The maximum Gasteiger partial charge on any atom is 0.329 e. The van der Waals surface area contributed by atoms with E-state index in [1.165, 1.54) is 27.9 Å². The molecule has 7 atom stereocenters. The summed E-state index contributed by atoms with van der Waals surface area (Å²) in [4.78, 5) is 105. The molecule has 0 unspecified atom stereocenters. The maximum absolute atomic E-state index is 14.5. The van der Waals surface area contributed by atoms with E-state index >= 15 is 0 Å². The molecule has 0 aliphatic carbocycles. The van der Waals surface area contributed by atoms with E-state index in [9.17, 15) is 33.6 Å². The molecule has 3 aliphatic heterocycles. The van der Waals surface area contributed by atoms with Gasteiger partial charge in [-0.1, -0.05) is 85.7 Å². The van der Waals surface area contributed by atoms with Crippen molar-refractivity contribution < 1.29 is 43.0 Å². The van der Waals surface area contributed by atoms with Crippen LogP contribution in [0.5, 0.6) is 0 Å². The lowest BCUT2D eigenvalue weighted by Gasteiger charge is -2.39. The molecule has 2 saturated heterocycles. The highest BCUT2D eigenvalue weighted by atomic mass is 16.6. The number of hydrogen-bond donors (Lipinski definition) is 1. The first-order valence-corrected chi connectivity index (χ1v) is 21.4. The van der Waals surface area contributed by atoms with Gasteiger partial charge in [-0.3, -0.25) is 38.6 Å². The van der Waals surface area contributed by atoms with Crippen molar-refractivity contribution >= 4 is 41.4 Å². The van der Waals surface area contributed by atoms with Gasteiger partial charge in [0.2, 0.25) is 23.6 Å². The van der Waals surface area contributed by atoms with Crippen LogP contribution in [0.1, 0.15) is 86.6 Å². The number of carbonyl (C=O) groups is 7. The number of likely N-dealkylation sites (N-methyl/N-ethyl adjacent to an activating group) is 2. The highest BCUT2D eigenvalue weighted by Crippen LogP contribution is 2.30. The van der Waals surface area contributed by atoms with Crippen LogP contribution < -0.4 is 5.32 Å². The summed E-state index contributed by atoms with van der Waals surface area (Å²) >= 11 is 0. The Balaban J connectivity index is 1.50. The fourth-order valence-corrected chi connectivity index (χ4v) is 8.93. The van der Waals surface area contributed by atoms with Crippen molar-refractivity contribution in [2.75, 3.05) is 41.3 Å². The van der Waals surface area contributed by atoms with Gasteiger partial charge in [0.25, 0.3) is 11.8 Å². The number of esters is 1. The third kappa shape index (κ3) is 10.6. The second-order valence-corrected chi connectivity index (χ2v) is 18.0. The average Bonchev–Trinajstić information content (AvgIpc) is 3.94. The molecule has 4 rings (SSSR count). The fraction of sp³-hybridized carbons (Fsp3) is 0.667. The zero-order valence-corrected chi connectivity index (χ0v) is 37.7. The molecule has 6 amide bonds. The van der Waals surface area contributed by atoms with Gasteiger partial charge in [0.1, 0.15) is 36.0 Å². The topological polar surface area (TPSA) is 166 Å². The van der Waals surface area contributed by atoms with Gasteiger partial charge in [0, 0.05) is 32.6 Å². The molecule has 0 radical (unpaired) electrons. The zero-order chi connectivity index (χ0) is 44.7. The van der Waals surface area contributed by atoms with Gasteiger partial charge in [-0.25, -0.2) is 4.79 Å². The molecule has 1 N–H and O–H groups in total. The van der Waals surface area contributed by atoms with E-state index < -0.39 is 77.9 Å². The molecule has 3 heterocycles. The van der Waals surface area contributed by atoms with Crippen molar-refractivity contribution in [2.24, 2.45) is 23.7 Å². The van der Waals surface area contributed by atoms with E-state index in [1.807, 2.05) is 90.9 Å². The largest absolute Gasteiger partial charge is 0.499 e. The Morgan fingerprint density at radius 1 is 0.767 bits per heavy atom. The van der Waals surface area contributed by atoms with Gasteiger partial charge in [-0.2, -0.15) is 0 Å². The Hall–Kier alpha value is -4.79. The molecule has 60 heavy (non-hydrogen) atoms. The maximum atomic E-state index is 14.5. The molecule has 15 heteroatoms. The number of methoxy groups -OCH3 is 1. The van der Waals surface area contributed by atoms with Crippen LogP contribution in [0.3, 0.4) is 0 Å². The third-order valence-electron chi connectivity index (χ3n) is 11.9. The number of nitrogens with one attached hydrogen (secondary N) is 1. The summed E-state index contributed by atoms with van der Waals surface area (Å²) < 4.78 is 11.4. The molecule has 332 valence electrons. The Bertz CT molecular complexity index is 1750. The third-order valence-corrected chi connectivity index (χ3v) is 11.9. The van der Waals surface area contributed by atoms with Crippen LogP contribution in [-0.2, 0) is 49.5 Å². The normalized spacial score (nSPS) is 21.4. The lowest BCUT2D eigenvalue weighted by Crippen LogP contribution is -2.61. The Morgan fingerprint density at radius 3 is 1.88 bits per heavy atom. The smallest absolute Gasteiger partial charge is 0.329 e. The molecule has 0 bridgehead atoms. The molecule has 1 aromatic rings. The van der Waals surface area contributed by atoms with Crippen LogP contribution in [0.4, 0.5) is 0 Å². The summed E-state index contributed by atoms with van der Waals surface area (Å²) in [5.74, 6) is -4.24. The SMILES string of the molecule is COC1=CC(=O)N(C(=O)[C@H](OC(=O)[C@@H]2CCCN2C(=O)[C@@H]2CCCN2C(=O)[C@H](C(C)C)N(C)C(=O)[C@@H](NC(=O)[C@H](C(C)C)N(C)C)C(C)C)C(C)C)[C@H]1Cc1ccccc1. The summed E-state index contributed by atoms with van der Waals surface area (Å²) in [6.45, 7) is 15.3. The van der Waals surface area contributed by atoms with Gasteiger partial charge >= 0.3 is 5.97 Å². The highest BCUT2D eigenvalue weighted by Gasteiger charge is 2.48. The second kappa shape index (κ2) is 20.7. The standard InChI is InChI=1S/C45H68N6O9/c1-26(2)36(46-40(53)37(27(3)4)47(9)10)42(55)48(11)38(28(5)6)43(56)49-22-16-20-31(49)41(54)50-23-17-21-32(50)45(58)60-39(29(7)8)44(57)51-33(34(59-12)25-35(51)52)24-30-18-14-13-15-19-30/h13-15,18-19,25-29,31-33,36-39H,16-17,20-24H2,1-12H3,(H,46,53)/t31-,32-,33-,36-,37-,38-,39+/m0/s1. The summed E-state index contributed by atoms with van der Waals surface area (Å²) in [6, 6.07) is 4.52. The minimum Gasteiger partial charge on any atom is -0.499 e. The molecule has 0 aromatic heterocycles. The predicted octanol–water partition coefficient (Wildman–Crippen LogP) is 3.26. The first kappa shape index (κ1) is 47.9. The Labute approximate surface area is 356 Å². The van der Waals surface area contributed by atoms with Crippen molar-refractivity contribution in [3.63, 3.8) is 0 Å². The number of benzene rings is 1. The number of nitrogens with zero attached hydrogens (tertiary/aromatic N) is 5. The highest BCUT2D eigenvalue weighted by molar-refractivity contribution is 6.06. The van der Waals surface area contributed by atoms with Crippen LogP contribution in [0.25, 0.3) is 0 Å². The van der Waals surface area contributed by atoms with Crippen molar-refractivity contribution in [2.45, 2.75) is 130 Å². The first-order valence-electron chi connectivity index (χ1n) is 21.4. The van der Waals surface area contributed by atoms with Crippen molar-refractivity contribution in [1.82, 2.24) is 29.8 Å². The lowest BCUT2D eigenvalue weighted by molar-refractivity contribution is -0.170. The molecule has 0 spiro atoms. The van der Waals surface area contributed by atoms with Gasteiger partial charge < -0.3 is 29.5 Å². The predicted molar refractivity (Wildman–Crippen MR) is 226 cm³/mol. The molecular formula is C45H68N6O9. The molecule has 15 nitrogen and oxygen atoms in total. The number of carbonyl (C=O) groups excluding carboxylic acids is 7. The summed E-state index contributed by atoms with van der Waals surface area (Å²) in [7, 11) is 6.64. The molecular weight excluding hydrogens is 769 g/mol. The lowest BCUT2D eigenvalue weighted by atomic mass is 9.96. The zero-order valence-electron chi connectivity index (χ0n) is 37.7. The van der Waals surface area contributed by atoms with Crippen molar-refractivity contribution in [1.29, 1.82) is 0 Å². The average molecular weight is 837 g/mol. The number of rotatable bonds is 17. The van der Waals surface area contributed by atoms with E-state index in [4.69, 9.17) is 9.47 Å². The summed E-state index contributed by atoms with van der Waals surface area (Å²) in [5.41, 5.74) is 0.886. The first-order chi connectivity index (χ1) is 28.2. The minimum absolute atomic E-state index is 0.00726. The van der Waals surface area contributed by atoms with E-state index in [1.54, 1.807) is 20.9 Å². The monoisotopic (exact) mass is 837 g/mol. The number of likely N-dealkylation sites (tertiary alicyclic amines) is 2. The number of hydrogen-bond acceptors (Lipinski definition) is 10. The fourth-order valence-electron chi connectivity index (χ4n) is 8.93. The van der Waals surface area contributed by atoms with E-state index in [0.29, 0.717) is 44.4 Å². The van der Waals surface area contributed by atoms with Crippen molar-refractivity contribution in [3.8, 4) is 0 Å². The molecule has 3 aliphatic rings. The minimum atomic E-state index is -1.31. The van der Waals surface area contributed by atoms with E-state index in [-0.39, 0.29) is 36.1 Å². The molecule has 1 aromatic carbocycles. The van der Waals surface area contributed by atoms with Gasteiger partial charge in [-0.15, -0.1) is 0 Å². The van der Waals surface area contributed by atoms with Crippen LogP contribution >= 0.6 is 0 Å². The van der Waals surface area contributed by atoms with Gasteiger partial charge in [0.15, 0.2) is 6.10 Å². The Kier molecular flexibility index (Phi) is 16.5. The quantitative estimate of drug-likeness (QED) is 0.230. The van der Waals surface area contributed by atoms with Gasteiger partial charge in [-0.05, 0) is 69.0 Å². The number of imide groups is 1. The summed E-state index contributed by atoms with van der Waals surface area (Å²) in [6.07, 6.45) is 2.02. The van der Waals surface area contributed by atoms with E-state index in [0.717, 1.165) is 10.5 Å². The van der Waals surface area contributed by atoms with Crippen LogP contribution in [0, 0.1) is 23.7 Å². The molecule has 2 fully saturated rings. The van der Waals surface area contributed by atoms with E-state index in [2.05, 4.69) is 5.32 Å². The number of amides is 6. The second-order valence-electron chi connectivity index (χ2n) is 18.0.